The van der Waals surface area contributed by atoms with E-state index in [0.717, 1.165) is 11.8 Å². The van der Waals surface area contributed by atoms with Crippen LogP contribution in [0.5, 0.6) is 0 Å². The van der Waals surface area contributed by atoms with Gasteiger partial charge in [0, 0.05) is 5.69 Å². The quantitative estimate of drug-likeness (QED) is 0.763. The molecule has 0 saturated carbocycles. The SMILES string of the molecule is COC(=O)c1nn(-c2ccc(N3CCOC3=O)cc2)c(=O)[nH]c1=O. The molecular weight excluding hydrogens is 320 g/mol. The molecule has 1 aromatic heterocycles. The zero-order chi connectivity index (χ0) is 17.3. The van der Waals surface area contributed by atoms with Crippen molar-refractivity contribution < 1.29 is 19.1 Å². The van der Waals surface area contributed by atoms with Gasteiger partial charge in [-0.3, -0.25) is 14.7 Å². The van der Waals surface area contributed by atoms with Gasteiger partial charge in [0.2, 0.25) is 5.69 Å². The predicted molar refractivity (Wildman–Crippen MR) is 80.5 cm³/mol. The molecule has 2 heterocycles. The van der Waals surface area contributed by atoms with E-state index in [2.05, 4.69) is 9.84 Å². The lowest BCUT2D eigenvalue weighted by atomic mass is 10.2. The van der Waals surface area contributed by atoms with Crippen molar-refractivity contribution in [3.05, 3.63) is 50.8 Å². The molecule has 2 aromatic rings. The summed E-state index contributed by atoms with van der Waals surface area (Å²) in [6.45, 7) is 0.742. The van der Waals surface area contributed by atoms with Gasteiger partial charge in [-0.1, -0.05) is 0 Å². The highest BCUT2D eigenvalue weighted by Gasteiger charge is 2.23. The number of rotatable bonds is 3. The van der Waals surface area contributed by atoms with Gasteiger partial charge in [0.25, 0.3) is 5.56 Å². The Labute approximate surface area is 134 Å². The maximum Gasteiger partial charge on any atom is 0.414 e. The highest BCUT2D eigenvalue weighted by Crippen LogP contribution is 2.19. The number of carbonyl (C=O) groups excluding carboxylic acids is 2. The lowest BCUT2D eigenvalue weighted by Gasteiger charge is -2.13. The third-order valence-electron chi connectivity index (χ3n) is 3.37. The summed E-state index contributed by atoms with van der Waals surface area (Å²) in [5, 5.41) is 3.74. The number of nitrogens with one attached hydrogen (secondary N) is 1. The van der Waals surface area contributed by atoms with Crippen molar-refractivity contribution in [1.29, 1.82) is 0 Å². The van der Waals surface area contributed by atoms with Crippen LogP contribution in [0.2, 0.25) is 0 Å². The van der Waals surface area contributed by atoms with Crippen LogP contribution in [0.1, 0.15) is 10.5 Å². The molecule has 0 spiro atoms. The molecule has 124 valence electrons. The Morgan fingerprint density at radius 1 is 1.21 bits per heavy atom. The first-order valence-electron chi connectivity index (χ1n) is 6.88. The number of carbonyl (C=O) groups is 2. The van der Waals surface area contributed by atoms with Crippen LogP contribution in [-0.4, -0.2) is 47.1 Å². The molecule has 3 rings (SSSR count). The fourth-order valence-corrected chi connectivity index (χ4v) is 2.21. The molecule has 1 aliphatic heterocycles. The second-order valence-electron chi connectivity index (χ2n) is 4.79. The van der Waals surface area contributed by atoms with E-state index in [1.54, 1.807) is 12.1 Å². The van der Waals surface area contributed by atoms with Gasteiger partial charge in [-0.05, 0) is 24.3 Å². The van der Waals surface area contributed by atoms with Crippen LogP contribution in [0.4, 0.5) is 10.5 Å². The lowest BCUT2D eigenvalue weighted by molar-refractivity contribution is 0.0589. The van der Waals surface area contributed by atoms with Crippen LogP contribution in [0.25, 0.3) is 5.69 Å². The summed E-state index contributed by atoms with van der Waals surface area (Å²) in [5.74, 6) is -0.957. The highest BCUT2D eigenvalue weighted by atomic mass is 16.6. The summed E-state index contributed by atoms with van der Waals surface area (Å²) in [4.78, 5) is 50.0. The van der Waals surface area contributed by atoms with Crippen molar-refractivity contribution in [3.8, 4) is 5.69 Å². The molecule has 10 heteroatoms. The van der Waals surface area contributed by atoms with Crippen LogP contribution >= 0.6 is 0 Å². The average Bonchev–Trinajstić information content (AvgIpc) is 3.00. The summed E-state index contributed by atoms with van der Waals surface area (Å²) in [7, 11) is 1.10. The summed E-state index contributed by atoms with van der Waals surface area (Å²) < 4.78 is 10.2. The minimum absolute atomic E-state index is 0.303. The van der Waals surface area contributed by atoms with E-state index in [0.29, 0.717) is 24.5 Å². The molecule has 0 radical (unpaired) electrons. The first-order chi connectivity index (χ1) is 11.5. The van der Waals surface area contributed by atoms with Gasteiger partial charge in [-0.25, -0.2) is 14.4 Å². The van der Waals surface area contributed by atoms with E-state index >= 15 is 0 Å². The number of H-pyrrole nitrogens is 1. The molecule has 1 amide bonds. The number of esters is 1. The minimum Gasteiger partial charge on any atom is -0.464 e. The highest BCUT2D eigenvalue weighted by molar-refractivity contribution is 5.89. The van der Waals surface area contributed by atoms with Crippen LogP contribution in [0, 0.1) is 0 Å². The summed E-state index contributed by atoms with van der Waals surface area (Å²) >= 11 is 0. The predicted octanol–water partition coefficient (Wildman–Crippen LogP) is -0.336. The number of hydrogen-bond donors (Lipinski definition) is 1. The zero-order valence-electron chi connectivity index (χ0n) is 12.5. The van der Waals surface area contributed by atoms with Gasteiger partial charge in [-0.2, -0.15) is 9.78 Å². The number of cyclic esters (lactones) is 1. The Hall–Kier alpha value is -3.43. The third kappa shape index (κ3) is 2.64. The van der Waals surface area contributed by atoms with Crippen LogP contribution in [0.15, 0.2) is 33.9 Å². The Morgan fingerprint density at radius 3 is 2.46 bits per heavy atom. The normalized spacial score (nSPS) is 13.7. The van der Waals surface area contributed by atoms with Crippen molar-refractivity contribution in [1.82, 2.24) is 14.8 Å². The first-order valence-corrected chi connectivity index (χ1v) is 6.88. The molecule has 1 aromatic carbocycles. The molecular formula is C14H12N4O6. The Kier molecular flexibility index (Phi) is 3.86. The number of methoxy groups -OCH3 is 1. The minimum atomic E-state index is -0.957. The second-order valence-corrected chi connectivity index (χ2v) is 4.79. The van der Waals surface area contributed by atoms with Gasteiger partial charge < -0.3 is 9.47 Å². The smallest absolute Gasteiger partial charge is 0.414 e. The van der Waals surface area contributed by atoms with E-state index in [-0.39, 0.29) is 0 Å². The number of benzene rings is 1. The summed E-state index contributed by atoms with van der Waals surface area (Å²) in [6, 6.07) is 6.24. The fraction of sp³-hybridized carbons (Fsp3) is 0.214. The van der Waals surface area contributed by atoms with Gasteiger partial charge in [0.05, 0.1) is 19.3 Å². The molecule has 0 aliphatic carbocycles. The Bertz CT molecular complexity index is 914. The maximum absolute atomic E-state index is 11.9. The standard InChI is InChI=1S/C14H12N4O6/c1-23-12(20)10-11(19)15-13(21)18(16-10)9-4-2-8(3-5-9)17-6-7-24-14(17)22/h2-5H,6-7H2,1H3,(H,15,19,21). The number of hydrogen-bond acceptors (Lipinski definition) is 7. The van der Waals surface area contributed by atoms with E-state index in [1.807, 2.05) is 4.98 Å². The van der Waals surface area contributed by atoms with Crippen LogP contribution < -0.4 is 16.1 Å². The maximum atomic E-state index is 11.9. The van der Waals surface area contributed by atoms with Gasteiger partial charge in [-0.15, -0.1) is 0 Å². The van der Waals surface area contributed by atoms with E-state index < -0.39 is 29.0 Å². The molecule has 1 N–H and O–H groups in total. The van der Waals surface area contributed by atoms with E-state index in [1.165, 1.54) is 17.0 Å². The average molecular weight is 332 g/mol. The molecule has 10 nitrogen and oxygen atoms in total. The van der Waals surface area contributed by atoms with Gasteiger partial charge >= 0.3 is 17.8 Å². The monoisotopic (exact) mass is 332 g/mol. The van der Waals surface area contributed by atoms with Crippen LogP contribution in [-0.2, 0) is 9.47 Å². The van der Waals surface area contributed by atoms with Gasteiger partial charge in [0.15, 0.2) is 0 Å². The van der Waals surface area contributed by atoms with Gasteiger partial charge in [0.1, 0.15) is 6.61 Å². The molecule has 0 unspecified atom stereocenters. The number of ether oxygens (including phenoxy) is 2. The molecule has 1 fully saturated rings. The van der Waals surface area contributed by atoms with E-state index in [9.17, 15) is 19.2 Å². The van der Waals surface area contributed by atoms with Crippen molar-refractivity contribution in [3.63, 3.8) is 0 Å². The Morgan fingerprint density at radius 2 is 1.88 bits per heavy atom. The fourth-order valence-electron chi connectivity index (χ4n) is 2.21. The first kappa shape index (κ1) is 15.5. The lowest BCUT2D eigenvalue weighted by Crippen LogP contribution is -2.36. The molecule has 1 aliphatic rings. The zero-order valence-corrected chi connectivity index (χ0v) is 12.5. The summed E-state index contributed by atoms with van der Waals surface area (Å²) in [5.41, 5.74) is -1.38. The Balaban J connectivity index is 2.00. The summed E-state index contributed by atoms with van der Waals surface area (Å²) in [6.07, 6.45) is -0.449. The van der Waals surface area contributed by atoms with Crippen molar-refractivity contribution in [2.75, 3.05) is 25.2 Å². The molecule has 0 atom stereocenters. The third-order valence-corrected chi connectivity index (χ3v) is 3.37. The number of aromatic nitrogens is 3. The van der Waals surface area contributed by atoms with Crippen molar-refractivity contribution in [2.45, 2.75) is 0 Å². The van der Waals surface area contributed by atoms with Crippen molar-refractivity contribution >= 4 is 17.7 Å². The van der Waals surface area contributed by atoms with Crippen molar-refractivity contribution in [2.24, 2.45) is 0 Å². The topological polar surface area (TPSA) is 124 Å². The number of anilines is 1. The van der Waals surface area contributed by atoms with E-state index in [4.69, 9.17) is 4.74 Å². The largest absolute Gasteiger partial charge is 0.464 e. The van der Waals surface area contributed by atoms with Crippen LogP contribution in [0.3, 0.4) is 0 Å². The number of aromatic amines is 1. The number of nitrogens with zero attached hydrogens (tertiary/aromatic N) is 3. The second kappa shape index (κ2) is 5.99. The number of amides is 1. The molecule has 0 bridgehead atoms. The molecule has 24 heavy (non-hydrogen) atoms. The molecule has 1 saturated heterocycles.